The van der Waals surface area contributed by atoms with Crippen LogP contribution < -0.4 is 15.4 Å². The number of furan rings is 1. The molecule has 7 nitrogen and oxygen atoms in total. The first-order valence-electron chi connectivity index (χ1n) is 13.8. The van der Waals surface area contributed by atoms with E-state index in [-0.39, 0.29) is 30.0 Å². The van der Waals surface area contributed by atoms with E-state index in [1.165, 1.54) is 11.8 Å². The van der Waals surface area contributed by atoms with E-state index in [1.54, 1.807) is 6.26 Å². The molecule has 0 aliphatic heterocycles. The first kappa shape index (κ1) is 29.9. The maximum atomic E-state index is 13.5. The fourth-order valence-corrected chi connectivity index (χ4v) is 5.39. The standard InChI is InChI=1S/C33H36N2O5S/c1-23(2)18-29(34-32(37)20-40-31-16-8-13-25-12-6-7-15-27(25)31)33(38)35-28(19-24-10-4-3-5-11-24)30(36)22-41-21-26-14-9-17-39-26/h3-17,23,28-29H,18-22H2,1-2H3,(H,34,37)(H,35,38)/t28-,29-/m0/s1. The van der Waals surface area contributed by atoms with Crippen molar-refractivity contribution in [2.45, 2.75) is 44.5 Å². The second kappa shape index (κ2) is 15.1. The fraction of sp³-hybridized carbons (Fsp3) is 0.303. The van der Waals surface area contributed by atoms with Crippen molar-refractivity contribution in [2.75, 3.05) is 12.4 Å². The molecule has 1 aromatic heterocycles. The van der Waals surface area contributed by atoms with Gasteiger partial charge in [-0.1, -0.05) is 80.6 Å². The SMILES string of the molecule is CC(C)C[C@H](NC(=O)COc1cccc2ccccc12)C(=O)N[C@@H](Cc1ccccc1)C(=O)CSCc1ccco1. The van der Waals surface area contributed by atoms with Crippen molar-refractivity contribution in [3.63, 3.8) is 0 Å². The van der Waals surface area contributed by atoms with Crippen LogP contribution in [0.4, 0.5) is 0 Å². The Balaban J connectivity index is 1.40. The van der Waals surface area contributed by atoms with Gasteiger partial charge in [0, 0.05) is 5.39 Å². The Kier molecular flexibility index (Phi) is 11.0. The summed E-state index contributed by atoms with van der Waals surface area (Å²) in [7, 11) is 0. The Morgan fingerprint density at radius 2 is 1.61 bits per heavy atom. The quantitative estimate of drug-likeness (QED) is 0.193. The van der Waals surface area contributed by atoms with Crippen LogP contribution in [-0.4, -0.2) is 42.0 Å². The molecular weight excluding hydrogens is 536 g/mol. The molecule has 4 rings (SSSR count). The number of carbonyl (C=O) groups is 3. The average Bonchev–Trinajstić information content (AvgIpc) is 3.49. The highest BCUT2D eigenvalue weighted by atomic mass is 32.2. The van der Waals surface area contributed by atoms with Gasteiger partial charge in [0.15, 0.2) is 12.4 Å². The van der Waals surface area contributed by atoms with Gasteiger partial charge >= 0.3 is 0 Å². The number of nitrogens with one attached hydrogen (secondary N) is 2. The van der Waals surface area contributed by atoms with E-state index in [4.69, 9.17) is 9.15 Å². The lowest BCUT2D eigenvalue weighted by Gasteiger charge is -2.24. The van der Waals surface area contributed by atoms with E-state index in [0.717, 1.165) is 22.1 Å². The number of fused-ring (bicyclic) bond motifs is 1. The Morgan fingerprint density at radius 3 is 2.37 bits per heavy atom. The molecule has 4 aromatic rings. The molecule has 0 fully saturated rings. The first-order valence-corrected chi connectivity index (χ1v) is 14.9. The number of thioether (sulfide) groups is 1. The monoisotopic (exact) mass is 572 g/mol. The van der Waals surface area contributed by atoms with E-state index < -0.39 is 18.0 Å². The Bertz CT molecular complexity index is 1420. The van der Waals surface area contributed by atoms with Crippen LogP contribution in [0.3, 0.4) is 0 Å². The van der Waals surface area contributed by atoms with Crippen molar-refractivity contribution in [3.05, 3.63) is 103 Å². The van der Waals surface area contributed by atoms with Crippen LogP contribution in [-0.2, 0) is 26.6 Å². The van der Waals surface area contributed by atoms with Crippen molar-refractivity contribution in [3.8, 4) is 5.75 Å². The van der Waals surface area contributed by atoms with Crippen molar-refractivity contribution in [1.29, 1.82) is 0 Å². The van der Waals surface area contributed by atoms with Crippen molar-refractivity contribution in [2.24, 2.45) is 5.92 Å². The molecule has 1 heterocycles. The van der Waals surface area contributed by atoms with E-state index in [9.17, 15) is 14.4 Å². The highest BCUT2D eigenvalue weighted by Crippen LogP contribution is 2.25. The van der Waals surface area contributed by atoms with Gasteiger partial charge in [0.2, 0.25) is 5.91 Å². The molecule has 2 atom stereocenters. The minimum atomic E-state index is -0.805. The van der Waals surface area contributed by atoms with Gasteiger partial charge in [-0.05, 0) is 47.9 Å². The van der Waals surface area contributed by atoms with Gasteiger partial charge in [-0.25, -0.2) is 0 Å². The second-order valence-corrected chi connectivity index (χ2v) is 11.3. The first-order chi connectivity index (χ1) is 19.9. The van der Waals surface area contributed by atoms with Gasteiger partial charge in [-0.3, -0.25) is 14.4 Å². The zero-order valence-electron chi connectivity index (χ0n) is 23.4. The predicted molar refractivity (Wildman–Crippen MR) is 163 cm³/mol. The summed E-state index contributed by atoms with van der Waals surface area (Å²) in [6, 6.07) is 25.2. The smallest absolute Gasteiger partial charge is 0.258 e. The van der Waals surface area contributed by atoms with Gasteiger partial charge in [0.25, 0.3) is 5.91 Å². The molecule has 0 aliphatic rings. The fourth-order valence-electron chi connectivity index (χ4n) is 4.52. The number of carbonyl (C=O) groups excluding carboxylic acids is 3. The summed E-state index contributed by atoms with van der Waals surface area (Å²) in [5, 5.41) is 7.69. The largest absolute Gasteiger partial charge is 0.483 e. The second-order valence-electron chi connectivity index (χ2n) is 10.3. The molecule has 214 valence electrons. The molecule has 0 aliphatic carbocycles. The van der Waals surface area contributed by atoms with Crippen molar-refractivity contribution < 1.29 is 23.5 Å². The topological polar surface area (TPSA) is 97.6 Å². The van der Waals surface area contributed by atoms with Gasteiger partial charge in [-0.2, -0.15) is 0 Å². The summed E-state index contributed by atoms with van der Waals surface area (Å²) in [5.41, 5.74) is 0.940. The molecule has 0 unspecified atom stereocenters. The molecule has 0 saturated carbocycles. The normalized spacial score (nSPS) is 12.6. The number of ether oxygens (including phenoxy) is 1. The minimum Gasteiger partial charge on any atom is -0.483 e. The molecule has 41 heavy (non-hydrogen) atoms. The number of hydrogen-bond donors (Lipinski definition) is 2. The van der Waals surface area contributed by atoms with Crippen LogP contribution in [0, 0.1) is 5.92 Å². The summed E-state index contributed by atoms with van der Waals surface area (Å²) < 4.78 is 11.2. The third-order valence-electron chi connectivity index (χ3n) is 6.52. The lowest BCUT2D eigenvalue weighted by atomic mass is 10.00. The number of hydrogen-bond acceptors (Lipinski definition) is 6. The molecule has 0 bridgehead atoms. The van der Waals surface area contributed by atoms with Crippen LogP contribution in [0.1, 0.15) is 31.6 Å². The summed E-state index contributed by atoms with van der Waals surface area (Å²) in [6.07, 6.45) is 2.39. The molecule has 8 heteroatoms. The number of Topliss-reactive ketones (excluding diaryl/α,β-unsaturated/α-hetero) is 1. The van der Waals surface area contributed by atoms with Crippen LogP contribution in [0.25, 0.3) is 10.8 Å². The molecule has 2 amide bonds. The summed E-state index contributed by atoms with van der Waals surface area (Å²) in [4.78, 5) is 39.7. The lowest BCUT2D eigenvalue weighted by Crippen LogP contribution is -2.53. The molecule has 0 spiro atoms. The summed E-state index contributed by atoms with van der Waals surface area (Å²) in [6.45, 7) is 3.74. The van der Waals surface area contributed by atoms with Crippen molar-refractivity contribution >= 4 is 40.1 Å². The van der Waals surface area contributed by atoms with E-state index in [0.29, 0.717) is 24.3 Å². The summed E-state index contributed by atoms with van der Waals surface area (Å²) >= 11 is 1.44. The van der Waals surface area contributed by atoms with Crippen LogP contribution in [0.15, 0.2) is 95.6 Å². The molecule has 2 N–H and O–H groups in total. The van der Waals surface area contributed by atoms with Gasteiger partial charge in [0.05, 0.1) is 23.8 Å². The highest BCUT2D eigenvalue weighted by molar-refractivity contribution is 7.99. The highest BCUT2D eigenvalue weighted by Gasteiger charge is 2.27. The van der Waals surface area contributed by atoms with Crippen LogP contribution in [0.5, 0.6) is 5.75 Å². The maximum absolute atomic E-state index is 13.5. The third kappa shape index (κ3) is 9.25. The van der Waals surface area contributed by atoms with Crippen LogP contribution >= 0.6 is 11.8 Å². The Morgan fingerprint density at radius 1 is 0.854 bits per heavy atom. The predicted octanol–water partition coefficient (Wildman–Crippen LogP) is 5.57. The van der Waals surface area contributed by atoms with Gasteiger partial charge in [-0.15, -0.1) is 11.8 Å². The minimum absolute atomic E-state index is 0.0901. The Labute approximate surface area is 245 Å². The zero-order chi connectivity index (χ0) is 29.0. The number of amides is 2. The number of rotatable bonds is 15. The number of ketones is 1. The molecule has 0 saturated heterocycles. The van der Waals surface area contributed by atoms with Crippen molar-refractivity contribution in [1.82, 2.24) is 10.6 Å². The molecule has 3 aromatic carbocycles. The average molecular weight is 573 g/mol. The van der Waals surface area contributed by atoms with Gasteiger partial charge in [0.1, 0.15) is 17.6 Å². The van der Waals surface area contributed by atoms with Crippen LogP contribution in [0.2, 0.25) is 0 Å². The summed E-state index contributed by atoms with van der Waals surface area (Å²) in [5.74, 6) is 1.43. The van der Waals surface area contributed by atoms with Gasteiger partial charge < -0.3 is 19.8 Å². The maximum Gasteiger partial charge on any atom is 0.258 e. The number of benzene rings is 3. The molecule has 0 radical (unpaired) electrons. The van der Waals surface area contributed by atoms with E-state index >= 15 is 0 Å². The third-order valence-corrected chi connectivity index (χ3v) is 7.50. The van der Waals surface area contributed by atoms with E-state index in [1.807, 2.05) is 98.8 Å². The molecular formula is C33H36N2O5S. The van der Waals surface area contributed by atoms with E-state index in [2.05, 4.69) is 10.6 Å². The zero-order valence-corrected chi connectivity index (χ0v) is 24.2. The Hall–Kier alpha value is -4.04. The lowest BCUT2D eigenvalue weighted by molar-refractivity contribution is -0.132.